The zero-order chi connectivity index (χ0) is 18.0. The Hall–Kier alpha value is -1.82. The number of benzene rings is 1. The van der Waals surface area contributed by atoms with Crippen molar-refractivity contribution in [2.45, 2.75) is 51.7 Å². The summed E-state index contributed by atoms with van der Waals surface area (Å²) in [5, 5.41) is 3.42. The molecule has 1 aromatic carbocycles. The van der Waals surface area contributed by atoms with Crippen LogP contribution >= 0.6 is 0 Å². The molecule has 1 aromatic rings. The van der Waals surface area contributed by atoms with E-state index in [0.717, 1.165) is 35.9 Å². The molecule has 0 unspecified atom stereocenters. The van der Waals surface area contributed by atoms with Crippen LogP contribution in [0.25, 0.3) is 0 Å². The average molecular weight is 361 g/mol. The summed E-state index contributed by atoms with van der Waals surface area (Å²) in [6.45, 7) is 3.23. The molecule has 0 aromatic heterocycles. The first-order valence-electron chi connectivity index (χ1n) is 9.67. The van der Waals surface area contributed by atoms with Gasteiger partial charge in [-0.2, -0.15) is 0 Å². The number of guanidine groups is 1. The lowest BCUT2D eigenvalue weighted by Crippen LogP contribution is -2.41. The molecule has 0 bridgehead atoms. The maximum Gasteiger partial charge on any atom is 0.193 e. The van der Waals surface area contributed by atoms with Gasteiger partial charge in [0.1, 0.15) is 11.6 Å². The first-order valence-corrected chi connectivity index (χ1v) is 9.67. The van der Waals surface area contributed by atoms with E-state index in [1.165, 1.54) is 50.7 Å². The summed E-state index contributed by atoms with van der Waals surface area (Å²) in [5.41, 5.74) is 2.07. The molecule has 1 N–H and O–H groups in total. The van der Waals surface area contributed by atoms with Crippen molar-refractivity contribution in [3.05, 3.63) is 29.1 Å². The molecule has 2 fully saturated rings. The highest BCUT2D eigenvalue weighted by Gasteiger charge is 2.39. The second kappa shape index (κ2) is 7.43. The summed E-state index contributed by atoms with van der Waals surface area (Å²) in [6, 6.07) is 3.02. The Kier molecular flexibility index (Phi) is 5.02. The largest absolute Gasteiger partial charge is 0.467 e. The summed E-state index contributed by atoms with van der Waals surface area (Å²) in [5.74, 6) is 1.38. The van der Waals surface area contributed by atoms with E-state index in [1.54, 1.807) is 0 Å². The molecule has 1 saturated carbocycles. The molecule has 0 amide bonds. The van der Waals surface area contributed by atoms with Crippen molar-refractivity contribution in [3.8, 4) is 5.75 Å². The number of nitrogens with one attached hydrogen (secondary N) is 1. The third-order valence-corrected chi connectivity index (χ3v) is 6.05. The molecule has 3 aliphatic rings. The van der Waals surface area contributed by atoms with Gasteiger partial charge >= 0.3 is 0 Å². The lowest BCUT2D eigenvalue weighted by atomic mass is 9.73. The van der Waals surface area contributed by atoms with Gasteiger partial charge in [0.15, 0.2) is 12.8 Å². The Balaban J connectivity index is 1.43. The minimum Gasteiger partial charge on any atom is -0.467 e. The van der Waals surface area contributed by atoms with E-state index >= 15 is 0 Å². The Morgan fingerprint density at radius 1 is 1.27 bits per heavy atom. The van der Waals surface area contributed by atoms with Crippen LogP contribution in [0, 0.1) is 11.2 Å². The number of hydrogen-bond acceptors (Lipinski definition) is 3. The molecular formula is C20H28FN3O2. The molecule has 1 aliphatic carbocycles. The van der Waals surface area contributed by atoms with Gasteiger partial charge in [0.25, 0.3) is 0 Å². The van der Waals surface area contributed by atoms with Gasteiger partial charge in [-0.05, 0) is 36.8 Å². The number of fused-ring (bicyclic) bond motifs is 1. The van der Waals surface area contributed by atoms with Gasteiger partial charge in [0, 0.05) is 37.8 Å². The lowest BCUT2D eigenvalue weighted by molar-refractivity contribution is -0.0173. The number of aliphatic imine (C=N–C) groups is 1. The van der Waals surface area contributed by atoms with Crippen molar-refractivity contribution < 1.29 is 13.9 Å². The van der Waals surface area contributed by atoms with Crippen LogP contribution in [-0.4, -0.2) is 37.8 Å². The predicted octanol–water partition coefficient (Wildman–Crippen LogP) is 3.42. The number of likely N-dealkylation sites (tertiary alicyclic amines) is 1. The van der Waals surface area contributed by atoms with Gasteiger partial charge in [0.05, 0.1) is 6.61 Å². The molecule has 0 atom stereocenters. The van der Waals surface area contributed by atoms with Crippen LogP contribution in [0.2, 0.25) is 0 Å². The number of hydrogen-bond donors (Lipinski definition) is 1. The molecule has 26 heavy (non-hydrogen) atoms. The molecule has 5 nitrogen and oxygen atoms in total. The molecule has 2 heterocycles. The second-order valence-electron chi connectivity index (χ2n) is 7.80. The van der Waals surface area contributed by atoms with Crippen LogP contribution in [0.1, 0.15) is 49.7 Å². The van der Waals surface area contributed by atoms with E-state index < -0.39 is 0 Å². The first-order chi connectivity index (χ1) is 12.7. The fourth-order valence-electron chi connectivity index (χ4n) is 4.72. The highest BCUT2D eigenvalue weighted by molar-refractivity contribution is 5.80. The average Bonchev–Trinajstić information content (AvgIpc) is 3.05. The van der Waals surface area contributed by atoms with E-state index in [1.807, 2.05) is 7.05 Å². The Morgan fingerprint density at radius 3 is 2.92 bits per heavy atom. The van der Waals surface area contributed by atoms with Gasteiger partial charge in [-0.1, -0.05) is 19.3 Å². The maximum atomic E-state index is 13.9. The molecule has 142 valence electrons. The number of nitrogens with zero attached hydrogens (tertiary/aromatic N) is 2. The number of ether oxygens (including phenoxy) is 2. The van der Waals surface area contributed by atoms with Gasteiger partial charge in [-0.25, -0.2) is 4.39 Å². The maximum absolute atomic E-state index is 13.9. The van der Waals surface area contributed by atoms with Crippen molar-refractivity contribution in [3.63, 3.8) is 0 Å². The summed E-state index contributed by atoms with van der Waals surface area (Å²) < 4.78 is 24.8. The number of halogens is 1. The third kappa shape index (κ3) is 3.52. The van der Waals surface area contributed by atoms with Gasteiger partial charge in [0.2, 0.25) is 0 Å². The topological polar surface area (TPSA) is 46.1 Å². The van der Waals surface area contributed by atoms with Crippen molar-refractivity contribution >= 4 is 5.96 Å². The standard InChI is InChI=1S/C20H28FN3O2/c1-22-19(24-8-7-20(13-24)5-3-2-4-6-20)23-11-15-9-17(21)10-16-12-25-14-26-18(15)16/h9-10H,2-8,11-14H2,1H3,(H,22,23). The van der Waals surface area contributed by atoms with E-state index in [9.17, 15) is 4.39 Å². The Bertz CT molecular complexity index is 686. The van der Waals surface area contributed by atoms with Crippen LogP contribution in [0.5, 0.6) is 5.75 Å². The SMILES string of the molecule is CN=C(NCc1cc(F)cc2c1OCOC2)N1CCC2(CCCCC2)C1. The van der Waals surface area contributed by atoms with Crippen LogP contribution in [0.3, 0.4) is 0 Å². The Labute approximate surface area is 154 Å². The predicted molar refractivity (Wildman–Crippen MR) is 98.6 cm³/mol. The molecule has 1 spiro atoms. The monoisotopic (exact) mass is 361 g/mol. The van der Waals surface area contributed by atoms with E-state index in [2.05, 4.69) is 15.2 Å². The van der Waals surface area contributed by atoms with Crippen molar-refractivity contribution in [2.75, 3.05) is 26.9 Å². The van der Waals surface area contributed by atoms with Crippen LogP contribution in [-0.2, 0) is 17.9 Å². The molecule has 6 heteroatoms. The second-order valence-corrected chi connectivity index (χ2v) is 7.80. The highest BCUT2D eigenvalue weighted by Crippen LogP contribution is 2.43. The minimum atomic E-state index is -0.257. The fraction of sp³-hybridized carbons (Fsp3) is 0.650. The zero-order valence-electron chi connectivity index (χ0n) is 15.5. The van der Waals surface area contributed by atoms with Gasteiger partial charge < -0.3 is 19.7 Å². The molecule has 1 saturated heterocycles. The van der Waals surface area contributed by atoms with Crippen LogP contribution < -0.4 is 10.1 Å². The van der Waals surface area contributed by atoms with Crippen molar-refractivity contribution in [2.24, 2.45) is 10.4 Å². The molecule has 2 aliphatic heterocycles. The van der Waals surface area contributed by atoms with Crippen LogP contribution in [0.15, 0.2) is 17.1 Å². The summed E-state index contributed by atoms with van der Waals surface area (Å²) >= 11 is 0. The van der Waals surface area contributed by atoms with Gasteiger partial charge in [-0.15, -0.1) is 0 Å². The molecular weight excluding hydrogens is 333 g/mol. The molecule has 4 rings (SSSR count). The van der Waals surface area contributed by atoms with E-state index in [-0.39, 0.29) is 12.6 Å². The highest BCUT2D eigenvalue weighted by atomic mass is 19.1. The minimum absolute atomic E-state index is 0.217. The zero-order valence-corrected chi connectivity index (χ0v) is 15.5. The quantitative estimate of drug-likeness (QED) is 0.648. The number of rotatable bonds is 2. The van der Waals surface area contributed by atoms with E-state index in [4.69, 9.17) is 9.47 Å². The summed E-state index contributed by atoms with van der Waals surface area (Å²) in [4.78, 5) is 6.83. The first kappa shape index (κ1) is 17.6. The fourth-order valence-corrected chi connectivity index (χ4v) is 4.72. The summed E-state index contributed by atoms with van der Waals surface area (Å²) in [7, 11) is 1.82. The van der Waals surface area contributed by atoms with Crippen molar-refractivity contribution in [1.82, 2.24) is 10.2 Å². The van der Waals surface area contributed by atoms with Crippen molar-refractivity contribution in [1.29, 1.82) is 0 Å². The van der Waals surface area contributed by atoms with E-state index in [0.29, 0.717) is 18.6 Å². The Morgan fingerprint density at radius 2 is 2.12 bits per heavy atom. The molecule has 0 radical (unpaired) electrons. The summed E-state index contributed by atoms with van der Waals surface area (Å²) in [6.07, 6.45) is 8.02. The van der Waals surface area contributed by atoms with Gasteiger partial charge in [-0.3, -0.25) is 4.99 Å². The third-order valence-electron chi connectivity index (χ3n) is 6.05. The normalized spacial score (nSPS) is 22.2. The lowest BCUT2D eigenvalue weighted by Gasteiger charge is -2.33. The van der Waals surface area contributed by atoms with Crippen LogP contribution in [0.4, 0.5) is 4.39 Å². The smallest absolute Gasteiger partial charge is 0.193 e.